The van der Waals surface area contributed by atoms with Gasteiger partial charge in [-0.05, 0) is 42.7 Å². The maximum absolute atomic E-state index is 13.7. The maximum Gasteiger partial charge on any atom is 0.339 e. The second kappa shape index (κ2) is 7.17. The highest BCUT2D eigenvalue weighted by molar-refractivity contribution is 6.09. The van der Waals surface area contributed by atoms with Crippen LogP contribution in [0.3, 0.4) is 0 Å². The Morgan fingerprint density at radius 1 is 1.10 bits per heavy atom. The van der Waals surface area contributed by atoms with Crippen molar-refractivity contribution in [2.24, 2.45) is 0 Å². The van der Waals surface area contributed by atoms with Gasteiger partial charge in [0.1, 0.15) is 5.75 Å². The molecule has 1 amide bonds. The number of piperidine rings is 1. The van der Waals surface area contributed by atoms with Crippen molar-refractivity contribution in [2.75, 3.05) is 19.7 Å². The molecule has 3 aromatic rings. The van der Waals surface area contributed by atoms with E-state index in [1.165, 1.54) is 0 Å². The summed E-state index contributed by atoms with van der Waals surface area (Å²) in [5.74, 6) is 0.194. The van der Waals surface area contributed by atoms with Gasteiger partial charge in [-0.25, -0.2) is 4.79 Å². The number of amides is 1. The number of carbonyl (C=O) groups excluding carboxylic acids is 2. The lowest BCUT2D eigenvalue weighted by Gasteiger charge is -2.39. The second-order valence-electron chi connectivity index (χ2n) is 7.85. The third-order valence-electron chi connectivity index (χ3n) is 6.07. The summed E-state index contributed by atoms with van der Waals surface area (Å²) in [7, 11) is 0. The van der Waals surface area contributed by atoms with Crippen LogP contribution in [0.4, 0.5) is 0 Å². The molecule has 5 nitrogen and oxygen atoms in total. The van der Waals surface area contributed by atoms with E-state index in [9.17, 15) is 9.59 Å². The van der Waals surface area contributed by atoms with Crippen molar-refractivity contribution in [1.29, 1.82) is 0 Å². The molecule has 0 bridgehead atoms. The van der Waals surface area contributed by atoms with Gasteiger partial charge in [0.25, 0.3) is 5.91 Å². The molecular weight excluding hydrogens is 378 g/mol. The molecule has 0 aliphatic carbocycles. The van der Waals surface area contributed by atoms with Crippen LogP contribution in [-0.2, 0) is 10.3 Å². The maximum atomic E-state index is 13.7. The number of likely N-dealkylation sites (tertiary alicyclic amines) is 1. The zero-order valence-corrected chi connectivity index (χ0v) is 16.9. The number of hydrogen-bond donors (Lipinski definition) is 0. The lowest BCUT2D eigenvalue weighted by molar-refractivity contribution is -0.0442. The first kappa shape index (κ1) is 18.7. The lowest BCUT2D eigenvalue weighted by atomic mass is 9.84. The Bertz CT molecular complexity index is 1150. The highest BCUT2D eigenvalue weighted by Gasteiger charge is 2.49. The summed E-state index contributed by atoms with van der Waals surface area (Å²) in [5, 5.41) is 1.87. The van der Waals surface area contributed by atoms with E-state index in [-0.39, 0.29) is 11.9 Å². The van der Waals surface area contributed by atoms with E-state index in [0.29, 0.717) is 43.0 Å². The predicted molar refractivity (Wildman–Crippen MR) is 114 cm³/mol. The van der Waals surface area contributed by atoms with Crippen LogP contribution in [0.5, 0.6) is 5.75 Å². The Hall–Kier alpha value is -3.34. The van der Waals surface area contributed by atoms with Gasteiger partial charge in [-0.2, -0.15) is 0 Å². The van der Waals surface area contributed by atoms with Gasteiger partial charge in [-0.15, -0.1) is 0 Å². The number of rotatable bonds is 3. The zero-order chi connectivity index (χ0) is 20.7. The first-order chi connectivity index (χ1) is 14.6. The van der Waals surface area contributed by atoms with Crippen LogP contribution >= 0.6 is 0 Å². The quantitative estimate of drug-likeness (QED) is 0.605. The van der Waals surface area contributed by atoms with Gasteiger partial charge in [0, 0.05) is 12.1 Å². The van der Waals surface area contributed by atoms with Crippen molar-refractivity contribution in [3.05, 3.63) is 77.4 Å². The molecule has 2 aliphatic rings. The van der Waals surface area contributed by atoms with Gasteiger partial charge >= 0.3 is 5.97 Å². The minimum absolute atomic E-state index is 0.0882. The third kappa shape index (κ3) is 2.84. The molecule has 1 unspecified atom stereocenters. The molecule has 2 heterocycles. The molecule has 1 fully saturated rings. The van der Waals surface area contributed by atoms with Crippen LogP contribution < -0.4 is 4.74 Å². The van der Waals surface area contributed by atoms with Crippen molar-refractivity contribution < 1.29 is 19.1 Å². The number of benzene rings is 3. The van der Waals surface area contributed by atoms with Crippen LogP contribution in [0.1, 0.15) is 46.0 Å². The molecule has 1 atom stereocenters. The summed E-state index contributed by atoms with van der Waals surface area (Å²) in [6, 6.07) is 19.2. The molecule has 5 rings (SSSR count). The SMILES string of the molecule is CCOc1ccc2ccccc2c1C(=O)N1CCCC2(C1)OC(=O)c1ccccc12. The molecule has 1 spiro atoms. The molecule has 0 saturated carbocycles. The fraction of sp³-hybridized carbons (Fsp3) is 0.280. The number of fused-ring (bicyclic) bond motifs is 3. The molecule has 1 saturated heterocycles. The van der Waals surface area contributed by atoms with Crippen LogP contribution in [0, 0.1) is 0 Å². The molecule has 5 heteroatoms. The van der Waals surface area contributed by atoms with Gasteiger partial charge < -0.3 is 14.4 Å². The van der Waals surface area contributed by atoms with Crippen LogP contribution in [0.15, 0.2) is 60.7 Å². The molecule has 0 aromatic heterocycles. The summed E-state index contributed by atoms with van der Waals surface area (Å²) in [4.78, 5) is 28.0. The molecule has 152 valence electrons. The largest absolute Gasteiger partial charge is 0.493 e. The Kier molecular flexibility index (Phi) is 4.46. The smallest absolute Gasteiger partial charge is 0.339 e. The number of hydrogen-bond acceptors (Lipinski definition) is 4. The standard InChI is InChI=1S/C25H23NO4/c1-2-29-21-13-12-17-8-3-4-9-18(17)22(21)23(27)26-15-7-14-25(16-26)20-11-6-5-10-19(20)24(28)30-25/h3-6,8-13H,2,7,14-16H2,1H3. The van der Waals surface area contributed by atoms with Crippen molar-refractivity contribution in [3.8, 4) is 5.75 Å². The van der Waals surface area contributed by atoms with Gasteiger partial charge in [0.15, 0.2) is 5.60 Å². The Labute approximate surface area is 175 Å². The first-order valence-electron chi connectivity index (χ1n) is 10.4. The van der Waals surface area contributed by atoms with E-state index in [1.807, 2.05) is 66.4 Å². The lowest BCUT2D eigenvalue weighted by Crippen LogP contribution is -2.48. The third-order valence-corrected chi connectivity index (χ3v) is 6.07. The Morgan fingerprint density at radius 3 is 2.77 bits per heavy atom. The van der Waals surface area contributed by atoms with E-state index >= 15 is 0 Å². The normalized spacial score (nSPS) is 20.3. The molecule has 3 aromatic carbocycles. The van der Waals surface area contributed by atoms with E-state index in [0.717, 1.165) is 22.8 Å². The van der Waals surface area contributed by atoms with Crippen molar-refractivity contribution in [3.63, 3.8) is 0 Å². The zero-order valence-electron chi connectivity index (χ0n) is 16.9. The topological polar surface area (TPSA) is 55.8 Å². The fourth-order valence-electron chi connectivity index (χ4n) is 4.75. The highest BCUT2D eigenvalue weighted by atomic mass is 16.6. The van der Waals surface area contributed by atoms with Crippen molar-refractivity contribution >= 4 is 22.6 Å². The van der Waals surface area contributed by atoms with Crippen LogP contribution in [-0.4, -0.2) is 36.5 Å². The van der Waals surface area contributed by atoms with Crippen molar-refractivity contribution in [2.45, 2.75) is 25.4 Å². The molecule has 30 heavy (non-hydrogen) atoms. The molecule has 0 N–H and O–H groups in total. The number of ether oxygens (including phenoxy) is 2. The predicted octanol–water partition coefficient (Wildman–Crippen LogP) is 4.54. The second-order valence-corrected chi connectivity index (χ2v) is 7.85. The Morgan fingerprint density at radius 2 is 1.90 bits per heavy atom. The minimum Gasteiger partial charge on any atom is -0.493 e. The van der Waals surface area contributed by atoms with Gasteiger partial charge in [0.2, 0.25) is 0 Å². The number of carbonyl (C=O) groups is 2. The summed E-state index contributed by atoms with van der Waals surface area (Å²) in [5.41, 5.74) is 1.30. The average molecular weight is 401 g/mol. The highest BCUT2D eigenvalue weighted by Crippen LogP contribution is 2.43. The van der Waals surface area contributed by atoms with E-state index in [2.05, 4.69) is 0 Å². The summed E-state index contributed by atoms with van der Waals surface area (Å²) < 4.78 is 11.7. The van der Waals surface area contributed by atoms with Crippen LogP contribution in [0.2, 0.25) is 0 Å². The molecular formula is C25H23NO4. The summed E-state index contributed by atoms with van der Waals surface area (Å²) in [6.07, 6.45) is 1.48. The van der Waals surface area contributed by atoms with E-state index in [4.69, 9.17) is 9.47 Å². The monoisotopic (exact) mass is 401 g/mol. The van der Waals surface area contributed by atoms with Gasteiger partial charge in [0.05, 0.1) is 24.3 Å². The average Bonchev–Trinajstić information content (AvgIpc) is 3.04. The molecule has 2 aliphatic heterocycles. The number of nitrogens with zero attached hydrogens (tertiary/aromatic N) is 1. The van der Waals surface area contributed by atoms with E-state index < -0.39 is 5.60 Å². The Balaban J connectivity index is 1.55. The first-order valence-corrected chi connectivity index (χ1v) is 10.4. The molecule has 0 radical (unpaired) electrons. The van der Waals surface area contributed by atoms with Crippen molar-refractivity contribution in [1.82, 2.24) is 4.90 Å². The fourth-order valence-corrected chi connectivity index (χ4v) is 4.75. The number of esters is 1. The summed E-state index contributed by atoms with van der Waals surface area (Å²) in [6.45, 7) is 3.36. The van der Waals surface area contributed by atoms with Gasteiger partial charge in [-0.3, -0.25) is 4.79 Å². The minimum atomic E-state index is -0.766. The van der Waals surface area contributed by atoms with Crippen LogP contribution in [0.25, 0.3) is 10.8 Å². The van der Waals surface area contributed by atoms with Gasteiger partial charge in [-0.1, -0.05) is 48.5 Å². The summed E-state index contributed by atoms with van der Waals surface area (Å²) >= 11 is 0. The van der Waals surface area contributed by atoms with E-state index in [1.54, 1.807) is 6.07 Å².